The van der Waals surface area contributed by atoms with E-state index in [-0.39, 0.29) is 18.3 Å². The van der Waals surface area contributed by atoms with Gasteiger partial charge in [0.05, 0.1) is 5.69 Å². The van der Waals surface area contributed by atoms with Gasteiger partial charge in [0.15, 0.2) is 5.13 Å². The predicted molar refractivity (Wildman–Crippen MR) is 82.3 cm³/mol. The van der Waals surface area contributed by atoms with Crippen molar-refractivity contribution in [3.8, 4) is 0 Å². The van der Waals surface area contributed by atoms with E-state index in [9.17, 15) is 4.79 Å². The number of rotatable bonds is 5. The highest BCUT2D eigenvalue weighted by molar-refractivity contribution is 7.13. The lowest BCUT2D eigenvalue weighted by atomic mass is 10.1. The number of anilines is 1. The molecule has 0 bridgehead atoms. The highest BCUT2D eigenvalue weighted by Gasteiger charge is 2.16. The summed E-state index contributed by atoms with van der Waals surface area (Å²) in [5.74, 6) is 0.489. The zero-order chi connectivity index (χ0) is 13.0. The van der Waals surface area contributed by atoms with Crippen molar-refractivity contribution >= 4 is 34.8 Å². The molecule has 108 valence electrons. The van der Waals surface area contributed by atoms with Gasteiger partial charge in [0.2, 0.25) is 5.91 Å². The highest BCUT2D eigenvalue weighted by Crippen LogP contribution is 2.21. The van der Waals surface area contributed by atoms with Gasteiger partial charge in [0.1, 0.15) is 0 Å². The Morgan fingerprint density at radius 1 is 1.63 bits per heavy atom. The van der Waals surface area contributed by atoms with E-state index >= 15 is 0 Å². The minimum Gasteiger partial charge on any atom is -0.314 e. The molecule has 1 saturated heterocycles. The third-order valence-electron chi connectivity index (χ3n) is 3.24. The van der Waals surface area contributed by atoms with Crippen LogP contribution in [0.3, 0.4) is 0 Å². The summed E-state index contributed by atoms with van der Waals surface area (Å²) < 4.78 is 0. The number of carbonyl (C=O) groups excluding carboxylic acids is 1. The summed E-state index contributed by atoms with van der Waals surface area (Å²) >= 11 is 1.51. The van der Waals surface area contributed by atoms with Crippen LogP contribution in [0.25, 0.3) is 0 Å². The fourth-order valence-corrected chi connectivity index (χ4v) is 2.99. The molecule has 1 atom stereocenters. The number of nitrogens with zero attached hydrogens (tertiary/aromatic N) is 1. The molecule has 2 N–H and O–H groups in total. The summed E-state index contributed by atoms with van der Waals surface area (Å²) in [7, 11) is 0. The van der Waals surface area contributed by atoms with Gasteiger partial charge in [0.25, 0.3) is 0 Å². The maximum absolute atomic E-state index is 11.8. The van der Waals surface area contributed by atoms with Gasteiger partial charge in [-0.1, -0.05) is 13.8 Å². The molecule has 1 aliphatic rings. The van der Waals surface area contributed by atoms with Gasteiger partial charge < -0.3 is 10.6 Å². The molecule has 1 aromatic heterocycles. The Kier molecular flexibility index (Phi) is 6.75. The summed E-state index contributed by atoms with van der Waals surface area (Å²) in [6.45, 7) is 5.30. The van der Waals surface area contributed by atoms with E-state index in [0.717, 1.165) is 23.8 Å². The van der Waals surface area contributed by atoms with Crippen LogP contribution in [0.1, 0.15) is 51.1 Å². The lowest BCUT2D eigenvalue weighted by Crippen LogP contribution is -2.23. The van der Waals surface area contributed by atoms with E-state index in [0.29, 0.717) is 18.4 Å². The minimum atomic E-state index is 0. The second kappa shape index (κ2) is 7.82. The lowest BCUT2D eigenvalue weighted by molar-refractivity contribution is -0.116. The molecule has 0 saturated carbocycles. The molecule has 0 radical (unpaired) electrons. The minimum absolute atomic E-state index is 0. The maximum atomic E-state index is 11.8. The maximum Gasteiger partial charge on any atom is 0.226 e. The number of carbonyl (C=O) groups is 1. The number of amides is 1. The zero-order valence-corrected chi connectivity index (χ0v) is 13.1. The van der Waals surface area contributed by atoms with E-state index in [4.69, 9.17) is 0 Å². The summed E-state index contributed by atoms with van der Waals surface area (Å²) in [6, 6.07) is 0.526. The summed E-state index contributed by atoms with van der Waals surface area (Å²) in [5, 5.41) is 9.02. The second-order valence-corrected chi connectivity index (χ2v) is 5.97. The molecule has 6 heteroatoms. The van der Waals surface area contributed by atoms with E-state index in [1.165, 1.54) is 24.2 Å². The van der Waals surface area contributed by atoms with Crippen molar-refractivity contribution in [2.75, 3.05) is 11.9 Å². The van der Waals surface area contributed by atoms with Crippen molar-refractivity contribution in [2.45, 2.75) is 51.5 Å². The van der Waals surface area contributed by atoms with Crippen LogP contribution in [0.4, 0.5) is 5.13 Å². The number of halogens is 1. The molecular formula is C13H22ClN3OS. The quantitative estimate of drug-likeness (QED) is 0.878. The molecule has 4 nitrogen and oxygen atoms in total. The first-order chi connectivity index (χ1) is 8.65. The number of aromatic nitrogens is 1. The van der Waals surface area contributed by atoms with E-state index in [2.05, 4.69) is 29.5 Å². The lowest BCUT2D eigenvalue weighted by Gasteiger charge is -2.08. The topological polar surface area (TPSA) is 54.0 Å². The third-order valence-corrected chi connectivity index (χ3v) is 4.02. The van der Waals surface area contributed by atoms with Crippen molar-refractivity contribution in [3.63, 3.8) is 0 Å². The van der Waals surface area contributed by atoms with Crippen LogP contribution in [0.2, 0.25) is 0 Å². The molecule has 0 spiro atoms. The smallest absolute Gasteiger partial charge is 0.226 e. The number of hydrogen-bond acceptors (Lipinski definition) is 4. The SMILES string of the molecule is CC(C)c1csc(NC(=O)CCC2CCCN2)n1.Cl. The van der Waals surface area contributed by atoms with Gasteiger partial charge in [-0.2, -0.15) is 0 Å². The summed E-state index contributed by atoms with van der Waals surface area (Å²) in [6.07, 6.45) is 3.93. The predicted octanol–water partition coefficient (Wildman–Crippen LogP) is 3.16. The van der Waals surface area contributed by atoms with Crippen LogP contribution < -0.4 is 10.6 Å². The fourth-order valence-electron chi connectivity index (χ4n) is 2.10. The standard InChI is InChI=1S/C13H21N3OS.ClH/c1-9(2)11-8-18-13(15-11)16-12(17)6-5-10-4-3-7-14-10;/h8-10,14H,3-7H2,1-2H3,(H,15,16,17);1H. The van der Waals surface area contributed by atoms with E-state index in [1.54, 1.807) is 0 Å². The Morgan fingerprint density at radius 3 is 3.00 bits per heavy atom. The molecule has 2 rings (SSSR count). The molecule has 0 aliphatic carbocycles. The first-order valence-corrected chi connectivity index (χ1v) is 7.52. The first-order valence-electron chi connectivity index (χ1n) is 6.64. The number of thiazole rings is 1. The molecule has 1 amide bonds. The zero-order valence-electron chi connectivity index (χ0n) is 11.4. The summed E-state index contributed by atoms with van der Waals surface area (Å²) in [4.78, 5) is 16.2. The fraction of sp³-hybridized carbons (Fsp3) is 0.692. The second-order valence-electron chi connectivity index (χ2n) is 5.11. The van der Waals surface area contributed by atoms with Gasteiger partial charge in [-0.3, -0.25) is 4.79 Å². The van der Waals surface area contributed by atoms with Crippen molar-refractivity contribution < 1.29 is 4.79 Å². The van der Waals surface area contributed by atoms with Gasteiger partial charge in [-0.15, -0.1) is 23.7 Å². The Labute approximate surface area is 124 Å². The van der Waals surface area contributed by atoms with Gasteiger partial charge >= 0.3 is 0 Å². The summed E-state index contributed by atoms with van der Waals surface area (Å²) in [5.41, 5.74) is 1.05. The van der Waals surface area contributed by atoms with Crippen molar-refractivity contribution in [2.24, 2.45) is 0 Å². The van der Waals surface area contributed by atoms with Crippen LogP contribution in [0, 0.1) is 0 Å². The first kappa shape index (κ1) is 16.4. The third kappa shape index (κ3) is 5.09. The van der Waals surface area contributed by atoms with Crippen molar-refractivity contribution in [1.82, 2.24) is 10.3 Å². The van der Waals surface area contributed by atoms with Crippen LogP contribution >= 0.6 is 23.7 Å². The molecular weight excluding hydrogens is 282 g/mol. The average Bonchev–Trinajstić information content (AvgIpc) is 2.96. The Bertz CT molecular complexity index is 402. The molecule has 0 aromatic carbocycles. The van der Waals surface area contributed by atoms with Crippen LogP contribution in [0.5, 0.6) is 0 Å². The largest absolute Gasteiger partial charge is 0.314 e. The highest BCUT2D eigenvalue weighted by atomic mass is 35.5. The molecule has 2 heterocycles. The van der Waals surface area contributed by atoms with Gasteiger partial charge in [0, 0.05) is 17.8 Å². The molecule has 1 fully saturated rings. The number of hydrogen-bond donors (Lipinski definition) is 2. The Balaban J connectivity index is 0.00000180. The Morgan fingerprint density at radius 2 is 2.42 bits per heavy atom. The van der Waals surface area contributed by atoms with Crippen LogP contribution in [-0.4, -0.2) is 23.5 Å². The normalized spacial score (nSPS) is 18.4. The molecule has 1 unspecified atom stereocenters. The van der Waals surface area contributed by atoms with Crippen LogP contribution in [0.15, 0.2) is 5.38 Å². The van der Waals surface area contributed by atoms with Crippen molar-refractivity contribution in [3.05, 3.63) is 11.1 Å². The average molecular weight is 304 g/mol. The molecule has 1 aliphatic heterocycles. The Hall–Kier alpha value is -0.650. The number of nitrogens with one attached hydrogen (secondary N) is 2. The molecule has 1 aromatic rings. The van der Waals surface area contributed by atoms with E-state index in [1.807, 2.05) is 5.38 Å². The van der Waals surface area contributed by atoms with Gasteiger partial charge in [-0.25, -0.2) is 4.98 Å². The molecule has 19 heavy (non-hydrogen) atoms. The van der Waals surface area contributed by atoms with E-state index < -0.39 is 0 Å². The van der Waals surface area contributed by atoms with Gasteiger partial charge in [-0.05, 0) is 31.7 Å². The monoisotopic (exact) mass is 303 g/mol. The van der Waals surface area contributed by atoms with Crippen molar-refractivity contribution in [1.29, 1.82) is 0 Å². The van der Waals surface area contributed by atoms with Crippen LogP contribution in [-0.2, 0) is 4.79 Å².